The molecule has 0 saturated heterocycles. The molecule has 0 fully saturated rings. The molecule has 0 saturated carbocycles. The zero-order valence-corrected chi connectivity index (χ0v) is 9.76. The van der Waals surface area contributed by atoms with Crippen LogP contribution in [0.5, 0.6) is 0 Å². The highest BCUT2D eigenvalue weighted by Crippen LogP contribution is 2.21. The van der Waals surface area contributed by atoms with Gasteiger partial charge in [-0.15, -0.1) is 0 Å². The van der Waals surface area contributed by atoms with Gasteiger partial charge in [-0.2, -0.15) is 10.5 Å². The van der Waals surface area contributed by atoms with E-state index in [4.69, 9.17) is 10.5 Å². The van der Waals surface area contributed by atoms with Crippen molar-refractivity contribution in [2.75, 3.05) is 6.54 Å². The molecule has 15 heavy (non-hydrogen) atoms. The normalized spacial score (nSPS) is 14.9. The lowest BCUT2D eigenvalue weighted by molar-refractivity contribution is 0.536. The molecule has 6 heteroatoms. The molecule has 0 aliphatic rings. The predicted octanol–water partition coefficient (Wildman–Crippen LogP) is 0.902. The molecule has 0 aliphatic carbocycles. The molecule has 0 aliphatic heterocycles. The Balaban J connectivity index is 4.70. The van der Waals surface area contributed by atoms with Crippen molar-refractivity contribution < 1.29 is 8.42 Å². The second-order valence-electron chi connectivity index (χ2n) is 3.40. The molecular formula is C9H15N3O2S. The number of sulfonamides is 1. The molecular weight excluding hydrogens is 214 g/mol. The first kappa shape index (κ1) is 13.9. The van der Waals surface area contributed by atoms with Crippen molar-refractivity contribution in [2.24, 2.45) is 0 Å². The standard InChI is InChI=1S/C9H15N3O2S/c1-3-5-9(2,8-11)15(13,14)12-7-4-6-10/h12H,3-5,7H2,1-2H3. The van der Waals surface area contributed by atoms with E-state index in [1.54, 1.807) is 0 Å². The molecule has 1 N–H and O–H groups in total. The molecule has 1 atom stereocenters. The third-order valence-electron chi connectivity index (χ3n) is 2.09. The van der Waals surface area contributed by atoms with Crippen molar-refractivity contribution in [3.63, 3.8) is 0 Å². The van der Waals surface area contributed by atoms with Gasteiger partial charge in [-0.25, -0.2) is 13.1 Å². The Kier molecular flexibility index (Phi) is 5.27. The largest absolute Gasteiger partial charge is 0.230 e. The smallest absolute Gasteiger partial charge is 0.213 e. The van der Waals surface area contributed by atoms with Gasteiger partial charge in [-0.3, -0.25) is 0 Å². The van der Waals surface area contributed by atoms with E-state index in [2.05, 4.69) is 4.72 Å². The first-order valence-corrected chi connectivity index (χ1v) is 6.19. The molecule has 84 valence electrons. The van der Waals surface area contributed by atoms with Crippen LogP contribution < -0.4 is 4.72 Å². The van der Waals surface area contributed by atoms with Gasteiger partial charge in [0, 0.05) is 13.0 Å². The number of rotatable bonds is 6. The third kappa shape index (κ3) is 3.50. The van der Waals surface area contributed by atoms with E-state index in [1.165, 1.54) is 6.92 Å². The van der Waals surface area contributed by atoms with Crippen molar-refractivity contribution in [1.29, 1.82) is 10.5 Å². The minimum absolute atomic E-state index is 0.0554. The summed E-state index contributed by atoms with van der Waals surface area (Å²) in [6.07, 6.45) is 1.00. The first-order chi connectivity index (χ1) is 6.93. The number of nitrogens with one attached hydrogen (secondary N) is 1. The van der Waals surface area contributed by atoms with Gasteiger partial charge in [0.25, 0.3) is 0 Å². The van der Waals surface area contributed by atoms with E-state index in [0.717, 1.165) is 0 Å². The molecule has 0 amide bonds. The maximum atomic E-state index is 11.7. The van der Waals surface area contributed by atoms with Crippen LogP contribution in [-0.2, 0) is 10.0 Å². The molecule has 0 aromatic carbocycles. The summed E-state index contributed by atoms with van der Waals surface area (Å²) in [5.41, 5.74) is 0. The third-order valence-corrected chi connectivity index (χ3v) is 4.15. The molecule has 0 rings (SSSR count). The maximum absolute atomic E-state index is 11.7. The maximum Gasteiger partial charge on any atom is 0.230 e. The summed E-state index contributed by atoms with van der Waals surface area (Å²) in [5, 5.41) is 17.2. The van der Waals surface area contributed by atoms with Crippen LogP contribution in [0.3, 0.4) is 0 Å². The van der Waals surface area contributed by atoms with Gasteiger partial charge in [0.05, 0.1) is 12.1 Å². The molecule has 0 bridgehead atoms. The van der Waals surface area contributed by atoms with E-state index in [9.17, 15) is 8.42 Å². The topological polar surface area (TPSA) is 93.8 Å². The van der Waals surface area contributed by atoms with E-state index < -0.39 is 14.8 Å². The van der Waals surface area contributed by atoms with Gasteiger partial charge in [-0.1, -0.05) is 13.3 Å². The van der Waals surface area contributed by atoms with Crippen molar-refractivity contribution in [3.8, 4) is 12.1 Å². The molecule has 0 radical (unpaired) electrons. The quantitative estimate of drug-likeness (QED) is 0.685. The summed E-state index contributed by atoms with van der Waals surface area (Å²) in [5.74, 6) is 0. The number of nitrogens with zero attached hydrogens (tertiary/aromatic N) is 2. The molecule has 1 unspecified atom stereocenters. The van der Waals surface area contributed by atoms with Crippen LogP contribution in [-0.4, -0.2) is 19.7 Å². The van der Waals surface area contributed by atoms with Crippen LogP contribution in [0.25, 0.3) is 0 Å². The molecule has 0 spiro atoms. The summed E-state index contributed by atoms with van der Waals surface area (Å²) in [6, 6.07) is 3.65. The molecule has 0 aromatic rings. The Labute approximate surface area is 90.8 Å². The van der Waals surface area contributed by atoms with Gasteiger partial charge in [0.1, 0.15) is 0 Å². The molecule has 0 aromatic heterocycles. The molecule has 5 nitrogen and oxygen atoms in total. The lowest BCUT2D eigenvalue weighted by Gasteiger charge is -2.21. The first-order valence-electron chi connectivity index (χ1n) is 4.71. The van der Waals surface area contributed by atoms with E-state index in [0.29, 0.717) is 6.42 Å². The van der Waals surface area contributed by atoms with Crippen molar-refractivity contribution in [1.82, 2.24) is 4.72 Å². The van der Waals surface area contributed by atoms with Gasteiger partial charge < -0.3 is 0 Å². The summed E-state index contributed by atoms with van der Waals surface area (Å²) >= 11 is 0. The minimum Gasteiger partial charge on any atom is -0.213 e. The number of nitriles is 2. The van der Waals surface area contributed by atoms with Crippen LogP contribution in [0, 0.1) is 22.7 Å². The highest BCUT2D eigenvalue weighted by atomic mass is 32.2. The average Bonchev–Trinajstić information content (AvgIpc) is 2.18. The lowest BCUT2D eigenvalue weighted by atomic mass is 10.1. The van der Waals surface area contributed by atoms with Gasteiger partial charge in [0.15, 0.2) is 4.75 Å². The van der Waals surface area contributed by atoms with E-state index in [1.807, 2.05) is 19.1 Å². The highest BCUT2D eigenvalue weighted by Gasteiger charge is 2.38. The molecule has 0 heterocycles. The summed E-state index contributed by atoms with van der Waals surface area (Å²) in [4.78, 5) is 0. The van der Waals surface area contributed by atoms with Crippen LogP contribution >= 0.6 is 0 Å². The Morgan fingerprint density at radius 1 is 1.40 bits per heavy atom. The van der Waals surface area contributed by atoms with Gasteiger partial charge >= 0.3 is 0 Å². The Morgan fingerprint density at radius 3 is 2.40 bits per heavy atom. The summed E-state index contributed by atoms with van der Waals surface area (Å²) in [7, 11) is -3.67. The second kappa shape index (κ2) is 5.69. The number of hydrogen-bond donors (Lipinski definition) is 1. The van der Waals surface area contributed by atoms with Crippen LogP contribution in [0.1, 0.15) is 33.1 Å². The Bertz CT molecular complexity index is 377. The minimum atomic E-state index is -3.67. The van der Waals surface area contributed by atoms with Crippen LogP contribution in [0.15, 0.2) is 0 Å². The van der Waals surface area contributed by atoms with E-state index >= 15 is 0 Å². The monoisotopic (exact) mass is 229 g/mol. The fourth-order valence-electron chi connectivity index (χ4n) is 1.13. The van der Waals surface area contributed by atoms with Crippen molar-refractivity contribution in [2.45, 2.75) is 37.9 Å². The highest BCUT2D eigenvalue weighted by molar-refractivity contribution is 7.91. The Hall–Kier alpha value is -1.11. The summed E-state index contributed by atoms with van der Waals surface area (Å²) < 4.78 is 24.3. The zero-order valence-electron chi connectivity index (χ0n) is 8.95. The van der Waals surface area contributed by atoms with Crippen molar-refractivity contribution >= 4 is 10.0 Å². The zero-order chi connectivity index (χ0) is 11.9. The lowest BCUT2D eigenvalue weighted by Crippen LogP contribution is -2.43. The van der Waals surface area contributed by atoms with Crippen molar-refractivity contribution in [3.05, 3.63) is 0 Å². The summed E-state index contributed by atoms with van der Waals surface area (Å²) in [6.45, 7) is 3.27. The van der Waals surface area contributed by atoms with Crippen LogP contribution in [0.4, 0.5) is 0 Å². The fraction of sp³-hybridized carbons (Fsp3) is 0.778. The van der Waals surface area contributed by atoms with Crippen LogP contribution in [0.2, 0.25) is 0 Å². The van der Waals surface area contributed by atoms with E-state index in [-0.39, 0.29) is 19.4 Å². The predicted molar refractivity (Wildman–Crippen MR) is 56.1 cm³/mol. The second-order valence-corrected chi connectivity index (χ2v) is 5.60. The van der Waals surface area contributed by atoms with Gasteiger partial charge in [0.2, 0.25) is 10.0 Å². The Morgan fingerprint density at radius 2 is 2.00 bits per heavy atom. The van der Waals surface area contributed by atoms with Gasteiger partial charge in [-0.05, 0) is 13.3 Å². The SMILES string of the molecule is CCCC(C)(C#N)S(=O)(=O)NCCC#N. The average molecular weight is 229 g/mol. The fourth-order valence-corrected chi connectivity index (χ4v) is 2.41. The number of hydrogen-bond acceptors (Lipinski definition) is 4.